The SMILES string of the molecule is CN(C)C(=O)NC1CCN(C(=O)CCCN2C(=O)c3ccccc3C2=O)CC1. The summed E-state index contributed by atoms with van der Waals surface area (Å²) in [5.41, 5.74) is 0.862. The highest BCUT2D eigenvalue weighted by molar-refractivity contribution is 6.21. The Bertz CT molecular complexity index is 749. The van der Waals surface area contributed by atoms with Crippen LogP contribution in [0, 0.1) is 0 Å². The average Bonchev–Trinajstić information content (AvgIpc) is 2.93. The number of likely N-dealkylation sites (tertiary alicyclic amines) is 1. The van der Waals surface area contributed by atoms with Crippen molar-refractivity contribution in [3.63, 3.8) is 0 Å². The Balaban J connectivity index is 1.42. The molecule has 1 fully saturated rings. The second-order valence-corrected chi connectivity index (χ2v) is 7.41. The highest BCUT2D eigenvalue weighted by atomic mass is 16.2. The van der Waals surface area contributed by atoms with Gasteiger partial charge in [0.1, 0.15) is 0 Å². The van der Waals surface area contributed by atoms with Crippen molar-refractivity contribution in [1.82, 2.24) is 20.0 Å². The van der Waals surface area contributed by atoms with Crippen molar-refractivity contribution in [2.24, 2.45) is 0 Å². The first-order chi connectivity index (χ1) is 13.4. The molecule has 8 nitrogen and oxygen atoms in total. The largest absolute Gasteiger partial charge is 0.343 e. The third-order valence-electron chi connectivity index (χ3n) is 5.23. The molecule has 8 heteroatoms. The van der Waals surface area contributed by atoms with Gasteiger partial charge in [-0.2, -0.15) is 0 Å². The highest BCUT2D eigenvalue weighted by Gasteiger charge is 2.34. The molecule has 1 aromatic rings. The van der Waals surface area contributed by atoms with E-state index in [2.05, 4.69) is 5.32 Å². The van der Waals surface area contributed by atoms with E-state index in [4.69, 9.17) is 0 Å². The van der Waals surface area contributed by atoms with Crippen molar-refractivity contribution in [2.75, 3.05) is 33.7 Å². The van der Waals surface area contributed by atoms with Crippen LogP contribution in [0.15, 0.2) is 24.3 Å². The Morgan fingerprint density at radius 1 is 1.07 bits per heavy atom. The van der Waals surface area contributed by atoms with Crippen LogP contribution in [0.25, 0.3) is 0 Å². The summed E-state index contributed by atoms with van der Waals surface area (Å²) in [4.78, 5) is 53.3. The summed E-state index contributed by atoms with van der Waals surface area (Å²) in [6.07, 6.45) is 2.19. The van der Waals surface area contributed by atoms with E-state index in [1.807, 2.05) is 0 Å². The number of hydrogen-bond acceptors (Lipinski definition) is 4. The molecule has 0 saturated carbocycles. The normalized spacial score (nSPS) is 16.9. The number of benzene rings is 1. The molecule has 0 aliphatic carbocycles. The molecule has 3 rings (SSSR count). The van der Waals surface area contributed by atoms with Crippen molar-refractivity contribution in [2.45, 2.75) is 31.7 Å². The van der Waals surface area contributed by atoms with E-state index < -0.39 is 0 Å². The molecule has 1 aromatic carbocycles. The van der Waals surface area contributed by atoms with Crippen LogP contribution in [-0.4, -0.2) is 78.2 Å². The maximum Gasteiger partial charge on any atom is 0.317 e. The van der Waals surface area contributed by atoms with Gasteiger partial charge in [0.2, 0.25) is 5.91 Å². The van der Waals surface area contributed by atoms with Crippen LogP contribution in [0.2, 0.25) is 0 Å². The minimum atomic E-state index is -0.287. The van der Waals surface area contributed by atoms with Crippen molar-refractivity contribution < 1.29 is 19.2 Å². The maximum absolute atomic E-state index is 12.4. The summed E-state index contributed by atoms with van der Waals surface area (Å²) >= 11 is 0. The Hall–Kier alpha value is -2.90. The Morgan fingerprint density at radius 2 is 1.64 bits per heavy atom. The summed E-state index contributed by atoms with van der Waals surface area (Å²) in [7, 11) is 3.39. The van der Waals surface area contributed by atoms with Crippen LogP contribution in [0.3, 0.4) is 0 Å². The van der Waals surface area contributed by atoms with Crippen molar-refractivity contribution in [3.05, 3.63) is 35.4 Å². The van der Waals surface area contributed by atoms with E-state index >= 15 is 0 Å². The Kier molecular flexibility index (Phi) is 5.96. The van der Waals surface area contributed by atoms with Crippen LogP contribution in [0.4, 0.5) is 4.79 Å². The van der Waals surface area contributed by atoms with Crippen molar-refractivity contribution >= 4 is 23.8 Å². The number of imide groups is 1. The number of rotatable bonds is 5. The smallest absolute Gasteiger partial charge is 0.317 e. The fourth-order valence-electron chi connectivity index (χ4n) is 3.57. The third-order valence-corrected chi connectivity index (χ3v) is 5.23. The van der Waals surface area contributed by atoms with Gasteiger partial charge in [-0.05, 0) is 31.4 Å². The second kappa shape index (κ2) is 8.41. The molecule has 0 radical (unpaired) electrons. The van der Waals surface area contributed by atoms with Gasteiger partial charge in [0, 0.05) is 46.2 Å². The van der Waals surface area contributed by atoms with E-state index in [1.165, 1.54) is 9.80 Å². The zero-order valence-electron chi connectivity index (χ0n) is 16.3. The lowest BCUT2D eigenvalue weighted by atomic mass is 10.0. The van der Waals surface area contributed by atoms with Gasteiger partial charge in [-0.25, -0.2) is 4.79 Å². The van der Waals surface area contributed by atoms with Gasteiger partial charge < -0.3 is 15.1 Å². The average molecular weight is 386 g/mol. The lowest BCUT2D eigenvalue weighted by molar-refractivity contribution is -0.132. The second-order valence-electron chi connectivity index (χ2n) is 7.41. The van der Waals surface area contributed by atoms with Gasteiger partial charge in [0.05, 0.1) is 11.1 Å². The number of fused-ring (bicyclic) bond motifs is 1. The predicted molar refractivity (Wildman–Crippen MR) is 103 cm³/mol. The number of urea groups is 1. The van der Waals surface area contributed by atoms with Gasteiger partial charge in [0.15, 0.2) is 0 Å². The number of carbonyl (C=O) groups excluding carboxylic acids is 4. The lowest BCUT2D eigenvalue weighted by Crippen LogP contribution is -2.48. The van der Waals surface area contributed by atoms with Crippen LogP contribution in [-0.2, 0) is 4.79 Å². The lowest BCUT2D eigenvalue weighted by Gasteiger charge is -2.33. The zero-order chi connectivity index (χ0) is 20.3. The maximum atomic E-state index is 12.4. The van der Waals surface area contributed by atoms with Crippen LogP contribution < -0.4 is 5.32 Å². The molecule has 5 amide bonds. The van der Waals surface area contributed by atoms with E-state index in [-0.39, 0.29) is 36.3 Å². The fraction of sp³-hybridized carbons (Fsp3) is 0.500. The van der Waals surface area contributed by atoms with Crippen LogP contribution in [0.5, 0.6) is 0 Å². The zero-order valence-corrected chi connectivity index (χ0v) is 16.3. The molecular weight excluding hydrogens is 360 g/mol. The number of hydrogen-bond donors (Lipinski definition) is 1. The molecule has 0 bridgehead atoms. The van der Waals surface area contributed by atoms with E-state index in [0.717, 1.165) is 12.8 Å². The first-order valence-electron chi connectivity index (χ1n) is 9.59. The topological polar surface area (TPSA) is 90.0 Å². The third kappa shape index (κ3) is 4.16. The summed E-state index contributed by atoms with van der Waals surface area (Å²) in [5.74, 6) is -0.551. The summed E-state index contributed by atoms with van der Waals surface area (Å²) in [6.45, 7) is 1.45. The minimum Gasteiger partial charge on any atom is -0.343 e. The van der Waals surface area contributed by atoms with Gasteiger partial charge in [0.25, 0.3) is 11.8 Å². The number of nitrogens with one attached hydrogen (secondary N) is 1. The van der Waals surface area contributed by atoms with Crippen molar-refractivity contribution in [1.29, 1.82) is 0 Å². The van der Waals surface area contributed by atoms with Gasteiger partial charge in [-0.3, -0.25) is 19.3 Å². The molecule has 1 saturated heterocycles. The van der Waals surface area contributed by atoms with Crippen LogP contribution in [0.1, 0.15) is 46.4 Å². The van der Waals surface area contributed by atoms with Gasteiger partial charge in [-0.1, -0.05) is 12.1 Å². The molecule has 0 atom stereocenters. The molecule has 0 spiro atoms. The minimum absolute atomic E-state index is 0.0222. The summed E-state index contributed by atoms with van der Waals surface area (Å²) < 4.78 is 0. The molecule has 2 heterocycles. The fourth-order valence-corrected chi connectivity index (χ4v) is 3.57. The quantitative estimate of drug-likeness (QED) is 0.773. The van der Waals surface area contributed by atoms with Crippen molar-refractivity contribution in [3.8, 4) is 0 Å². The van der Waals surface area contributed by atoms with Gasteiger partial charge >= 0.3 is 6.03 Å². The Labute approximate surface area is 164 Å². The number of piperidine rings is 1. The van der Waals surface area contributed by atoms with E-state index in [9.17, 15) is 19.2 Å². The first-order valence-corrected chi connectivity index (χ1v) is 9.59. The molecule has 1 N–H and O–H groups in total. The van der Waals surface area contributed by atoms with E-state index in [0.29, 0.717) is 37.1 Å². The standard InChI is InChI=1S/C20H26N4O4/c1-22(2)20(28)21-14-9-12-23(13-10-14)17(25)8-5-11-24-18(26)15-6-3-4-7-16(15)19(24)27/h3-4,6-7,14H,5,8-13H2,1-2H3,(H,21,28). The monoisotopic (exact) mass is 386 g/mol. The molecule has 28 heavy (non-hydrogen) atoms. The molecule has 0 unspecified atom stereocenters. The van der Waals surface area contributed by atoms with Gasteiger partial charge in [-0.15, -0.1) is 0 Å². The number of amides is 5. The number of nitrogens with zero attached hydrogens (tertiary/aromatic N) is 3. The summed E-state index contributed by atoms with van der Waals surface area (Å²) in [5, 5.41) is 2.94. The predicted octanol–water partition coefficient (Wildman–Crippen LogP) is 1.32. The molecule has 0 aromatic heterocycles. The summed E-state index contributed by atoms with van der Waals surface area (Å²) in [6, 6.07) is 6.74. The molecular formula is C20H26N4O4. The van der Waals surface area contributed by atoms with E-state index in [1.54, 1.807) is 43.3 Å². The number of carbonyl (C=O) groups is 4. The van der Waals surface area contributed by atoms with Crippen LogP contribution >= 0.6 is 0 Å². The highest BCUT2D eigenvalue weighted by Crippen LogP contribution is 2.23. The Morgan fingerprint density at radius 3 is 2.18 bits per heavy atom. The first kappa shape index (κ1) is 19.9. The molecule has 150 valence electrons. The molecule has 2 aliphatic rings. The molecule has 2 aliphatic heterocycles.